The minimum absolute atomic E-state index is 0.746. The van der Waals surface area contributed by atoms with Crippen LogP contribution in [0.3, 0.4) is 0 Å². The summed E-state index contributed by atoms with van der Waals surface area (Å²) >= 11 is 5.85. The van der Waals surface area contributed by atoms with Gasteiger partial charge in [0.15, 0.2) is 0 Å². The van der Waals surface area contributed by atoms with E-state index in [0.717, 1.165) is 42.6 Å². The van der Waals surface area contributed by atoms with Crippen molar-refractivity contribution in [3.05, 3.63) is 58.4 Å². The number of nitrogens with one attached hydrogen (secondary N) is 1. The van der Waals surface area contributed by atoms with Crippen molar-refractivity contribution in [2.24, 2.45) is 0 Å². The van der Waals surface area contributed by atoms with E-state index in [0.29, 0.717) is 0 Å². The SMILES string of the molecule is CCN(CC)Cc1ccc2c(c1)cc(C#CN/C(C)=C/C=C(\C)Cl)n2CC. The highest BCUT2D eigenvalue weighted by atomic mass is 35.5. The number of hydrogen-bond acceptors (Lipinski definition) is 2. The van der Waals surface area contributed by atoms with Crippen LogP contribution in [0.4, 0.5) is 0 Å². The van der Waals surface area contributed by atoms with Crippen molar-refractivity contribution in [2.75, 3.05) is 13.1 Å². The second kappa shape index (κ2) is 10.3. The molecule has 0 bridgehead atoms. The van der Waals surface area contributed by atoms with E-state index < -0.39 is 0 Å². The maximum Gasteiger partial charge on any atom is 0.0949 e. The van der Waals surface area contributed by atoms with Gasteiger partial charge in [0.25, 0.3) is 0 Å². The summed E-state index contributed by atoms with van der Waals surface area (Å²) in [5, 5.41) is 5.11. The van der Waals surface area contributed by atoms with Gasteiger partial charge in [0.2, 0.25) is 0 Å². The number of aromatic nitrogens is 1. The molecule has 0 saturated heterocycles. The summed E-state index contributed by atoms with van der Waals surface area (Å²) in [5.74, 6) is 3.25. The van der Waals surface area contributed by atoms with Crippen molar-refractivity contribution < 1.29 is 0 Å². The van der Waals surface area contributed by atoms with Crippen LogP contribution in [0, 0.1) is 12.0 Å². The molecular formula is C23H30ClN3. The number of benzene rings is 1. The fourth-order valence-corrected chi connectivity index (χ4v) is 3.11. The molecule has 4 heteroatoms. The molecule has 2 aromatic rings. The minimum atomic E-state index is 0.746. The van der Waals surface area contributed by atoms with Gasteiger partial charge in [0.05, 0.1) is 5.69 Å². The lowest BCUT2D eigenvalue weighted by atomic mass is 10.1. The summed E-state index contributed by atoms with van der Waals surface area (Å²) < 4.78 is 2.26. The predicted molar refractivity (Wildman–Crippen MR) is 118 cm³/mol. The number of fused-ring (bicyclic) bond motifs is 1. The highest BCUT2D eigenvalue weighted by molar-refractivity contribution is 6.29. The Kier molecular flexibility index (Phi) is 8.03. The highest BCUT2D eigenvalue weighted by Crippen LogP contribution is 2.22. The average Bonchev–Trinajstić information content (AvgIpc) is 3.00. The van der Waals surface area contributed by atoms with Gasteiger partial charge >= 0.3 is 0 Å². The van der Waals surface area contributed by atoms with Gasteiger partial charge < -0.3 is 9.88 Å². The first-order valence-electron chi connectivity index (χ1n) is 9.60. The average molecular weight is 384 g/mol. The molecule has 0 saturated carbocycles. The van der Waals surface area contributed by atoms with Gasteiger partial charge in [0, 0.05) is 40.8 Å². The number of aryl methyl sites for hydroxylation is 1. The minimum Gasteiger partial charge on any atom is -0.334 e. The zero-order chi connectivity index (χ0) is 19.8. The lowest BCUT2D eigenvalue weighted by molar-refractivity contribution is 0.296. The lowest BCUT2D eigenvalue weighted by Gasteiger charge is -2.18. The van der Waals surface area contributed by atoms with E-state index in [9.17, 15) is 0 Å². The maximum absolute atomic E-state index is 5.85. The van der Waals surface area contributed by atoms with Crippen LogP contribution in [0.1, 0.15) is 45.9 Å². The van der Waals surface area contributed by atoms with Gasteiger partial charge in [-0.1, -0.05) is 31.5 Å². The van der Waals surface area contributed by atoms with E-state index in [1.807, 2.05) is 26.0 Å². The molecule has 0 atom stereocenters. The molecular weight excluding hydrogens is 354 g/mol. The van der Waals surface area contributed by atoms with Crippen LogP contribution in [0.2, 0.25) is 0 Å². The summed E-state index contributed by atoms with van der Waals surface area (Å²) in [6.45, 7) is 14.4. The van der Waals surface area contributed by atoms with Gasteiger partial charge in [-0.15, -0.1) is 0 Å². The molecule has 1 aromatic heterocycles. The van der Waals surface area contributed by atoms with Crippen LogP contribution in [0.15, 0.2) is 47.1 Å². The first-order chi connectivity index (χ1) is 13.0. The van der Waals surface area contributed by atoms with E-state index >= 15 is 0 Å². The van der Waals surface area contributed by atoms with Crippen molar-refractivity contribution in [1.29, 1.82) is 0 Å². The Morgan fingerprint density at radius 1 is 1.15 bits per heavy atom. The summed E-state index contributed by atoms with van der Waals surface area (Å²) in [6, 6.07) is 12.0. The van der Waals surface area contributed by atoms with Crippen LogP contribution >= 0.6 is 11.6 Å². The first-order valence-corrected chi connectivity index (χ1v) is 9.98. The Bertz CT molecular complexity index is 885. The van der Waals surface area contributed by atoms with Crippen LogP contribution in [-0.2, 0) is 13.1 Å². The fourth-order valence-electron chi connectivity index (χ4n) is 3.04. The van der Waals surface area contributed by atoms with Crippen molar-refractivity contribution in [1.82, 2.24) is 14.8 Å². The lowest BCUT2D eigenvalue weighted by Crippen LogP contribution is -2.21. The van der Waals surface area contributed by atoms with Crippen LogP contribution < -0.4 is 5.32 Å². The van der Waals surface area contributed by atoms with Crippen LogP contribution in [0.5, 0.6) is 0 Å². The molecule has 1 N–H and O–H groups in total. The second-order valence-electron chi connectivity index (χ2n) is 6.61. The Balaban J connectivity index is 2.26. The number of hydrogen-bond donors (Lipinski definition) is 1. The van der Waals surface area contributed by atoms with E-state index in [-0.39, 0.29) is 0 Å². The van der Waals surface area contributed by atoms with Crippen LogP contribution in [-0.4, -0.2) is 22.6 Å². The number of nitrogens with zero attached hydrogens (tertiary/aromatic N) is 2. The predicted octanol–water partition coefficient (Wildman–Crippen LogP) is 5.45. The molecule has 2 rings (SSSR count). The first kappa shape index (κ1) is 21.2. The number of halogens is 1. The second-order valence-corrected chi connectivity index (χ2v) is 7.20. The third-order valence-electron chi connectivity index (χ3n) is 4.60. The molecule has 1 aromatic carbocycles. The van der Waals surface area contributed by atoms with Gasteiger partial charge in [-0.05, 0) is 75.7 Å². The summed E-state index contributed by atoms with van der Waals surface area (Å²) in [5.41, 5.74) is 4.57. The van der Waals surface area contributed by atoms with Gasteiger partial charge in [-0.3, -0.25) is 4.90 Å². The van der Waals surface area contributed by atoms with E-state index in [1.54, 1.807) is 0 Å². The van der Waals surface area contributed by atoms with E-state index in [4.69, 9.17) is 11.6 Å². The van der Waals surface area contributed by atoms with Crippen molar-refractivity contribution in [3.8, 4) is 12.0 Å². The molecule has 3 nitrogen and oxygen atoms in total. The third kappa shape index (κ3) is 5.92. The van der Waals surface area contributed by atoms with Gasteiger partial charge in [-0.2, -0.15) is 0 Å². The number of rotatable bonds is 7. The van der Waals surface area contributed by atoms with E-state index in [1.165, 1.54) is 16.5 Å². The molecule has 27 heavy (non-hydrogen) atoms. The normalized spacial score (nSPS) is 12.4. The van der Waals surface area contributed by atoms with Crippen molar-refractivity contribution in [3.63, 3.8) is 0 Å². The monoisotopic (exact) mass is 383 g/mol. The Morgan fingerprint density at radius 3 is 2.52 bits per heavy atom. The molecule has 0 aliphatic carbocycles. The van der Waals surface area contributed by atoms with Gasteiger partial charge in [-0.25, -0.2) is 0 Å². The molecule has 0 spiro atoms. The van der Waals surface area contributed by atoms with E-state index in [2.05, 4.69) is 71.8 Å². The maximum atomic E-state index is 5.85. The van der Waals surface area contributed by atoms with Crippen LogP contribution in [0.25, 0.3) is 10.9 Å². The highest BCUT2D eigenvalue weighted by Gasteiger charge is 2.08. The molecule has 0 fully saturated rings. The molecule has 0 radical (unpaired) electrons. The zero-order valence-electron chi connectivity index (χ0n) is 17.1. The largest absolute Gasteiger partial charge is 0.334 e. The number of allylic oxidation sites excluding steroid dienone is 4. The summed E-state index contributed by atoms with van der Waals surface area (Å²) in [7, 11) is 0. The molecule has 1 heterocycles. The Hall–Kier alpha value is -2.15. The van der Waals surface area contributed by atoms with Gasteiger partial charge in [0.1, 0.15) is 0 Å². The Labute approximate surface area is 168 Å². The topological polar surface area (TPSA) is 20.2 Å². The summed E-state index contributed by atoms with van der Waals surface area (Å²) in [6.07, 6.45) is 3.78. The van der Waals surface area contributed by atoms with Crippen molar-refractivity contribution in [2.45, 2.75) is 47.7 Å². The van der Waals surface area contributed by atoms with Crippen molar-refractivity contribution >= 4 is 22.5 Å². The quantitative estimate of drug-likeness (QED) is 0.390. The molecule has 0 amide bonds. The third-order valence-corrected chi connectivity index (χ3v) is 4.72. The zero-order valence-corrected chi connectivity index (χ0v) is 17.8. The summed E-state index contributed by atoms with van der Waals surface area (Å²) in [4.78, 5) is 2.43. The fraction of sp³-hybridized carbons (Fsp3) is 0.391. The standard InChI is InChI=1S/C23H30ClN3/c1-6-26(7-2)17-20-11-12-23-21(15-20)16-22(27(23)8-3)13-14-25-19(5)10-9-18(4)24/h9-12,15-16,25H,6-8,17H2,1-5H3/b18-9+,19-10+. The molecule has 0 unspecified atom stereocenters. The molecule has 0 aliphatic rings. The molecule has 144 valence electrons. The molecule has 0 aliphatic heterocycles. The smallest absolute Gasteiger partial charge is 0.0949 e. The Morgan fingerprint density at radius 2 is 1.89 bits per heavy atom.